The number of nitrogens with one attached hydrogen (secondary N) is 2. The fraction of sp³-hybridized carbons (Fsp3) is 0.722. The van der Waals surface area contributed by atoms with Crippen LogP contribution in [-0.2, 0) is 23.9 Å². The van der Waals surface area contributed by atoms with E-state index in [1.165, 1.54) is 0 Å². The van der Waals surface area contributed by atoms with Crippen molar-refractivity contribution in [2.45, 2.75) is 70.5 Å². The third-order valence-corrected chi connectivity index (χ3v) is 3.87. The average Bonchev–Trinajstić information content (AvgIpc) is 2.45. The van der Waals surface area contributed by atoms with Crippen molar-refractivity contribution in [3.8, 4) is 0 Å². The van der Waals surface area contributed by atoms with Crippen LogP contribution in [0.2, 0.25) is 0 Å². The molecule has 0 aromatic carbocycles. The standard InChI is InChI=1S/C18H30N2O5/c1-6-15(22)24-9-10-25-16(23)8-7-14(21)19-13-11-17(2,3)20-18(4,5)12-13/h6,13,20H,1,7-12H2,2-5H3,(H,19,21). The first-order valence-electron chi connectivity index (χ1n) is 8.56. The highest BCUT2D eigenvalue weighted by molar-refractivity contribution is 5.82. The quantitative estimate of drug-likeness (QED) is 0.389. The van der Waals surface area contributed by atoms with Gasteiger partial charge >= 0.3 is 11.9 Å². The molecule has 1 rings (SSSR count). The molecular weight excluding hydrogens is 324 g/mol. The Labute approximate surface area is 149 Å². The summed E-state index contributed by atoms with van der Waals surface area (Å²) in [6.45, 7) is 11.7. The number of esters is 2. The van der Waals surface area contributed by atoms with E-state index in [0.717, 1.165) is 18.9 Å². The number of amides is 1. The van der Waals surface area contributed by atoms with Crippen LogP contribution in [0.3, 0.4) is 0 Å². The number of rotatable bonds is 8. The Hall–Kier alpha value is -1.89. The van der Waals surface area contributed by atoms with Crippen molar-refractivity contribution in [1.82, 2.24) is 10.6 Å². The summed E-state index contributed by atoms with van der Waals surface area (Å²) in [5, 5.41) is 6.57. The molecule has 1 saturated heterocycles. The van der Waals surface area contributed by atoms with Gasteiger partial charge in [0.2, 0.25) is 5.91 Å². The third-order valence-electron chi connectivity index (χ3n) is 3.87. The van der Waals surface area contributed by atoms with Crippen LogP contribution >= 0.6 is 0 Å². The van der Waals surface area contributed by atoms with E-state index in [1.807, 2.05) is 0 Å². The molecule has 0 saturated carbocycles. The lowest BCUT2D eigenvalue weighted by Crippen LogP contribution is -2.62. The maximum atomic E-state index is 12.1. The van der Waals surface area contributed by atoms with Crippen molar-refractivity contribution in [2.75, 3.05) is 13.2 Å². The SMILES string of the molecule is C=CC(=O)OCCOC(=O)CCC(=O)NC1CC(C)(C)NC(C)(C)C1. The van der Waals surface area contributed by atoms with Gasteiger partial charge in [-0.1, -0.05) is 6.58 Å². The summed E-state index contributed by atoms with van der Waals surface area (Å²) in [6, 6.07) is 0.0769. The van der Waals surface area contributed by atoms with Gasteiger partial charge in [0.25, 0.3) is 0 Å². The van der Waals surface area contributed by atoms with E-state index in [0.29, 0.717) is 0 Å². The normalized spacial score (nSPS) is 18.9. The maximum absolute atomic E-state index is 12.1. The zero-order valence-electron chi connectivity index (χ0n) is 15.6. The first kappa shape index (κ1) is 21.2. The minimum absolute atomic E-state index is 0.000998. The molecule has 0 unspecified atom stereocenters. The van der Waals surface area contributed by atoms with Gasteiger partial charge in [0.1, 0.15) is 13.2 Å². The van der Waals surface area contributed by atoms with Gasteiger partial charge in [0.15, 0.2) is 0 Å². The molecule has 0 aliphatic carbocycles. The minimum atomic E-state index is -0.566. The van der Waals surface area contributed by atoms with Crippen LogP contribution in [0.4, 0.5) is 0 Å². The number of carbonyl (C=O) groups excluding carboxylic acids is 3. The van der Waals surface area contributed by atoms with Gasteiger partial charge in [0, 0.05) is 29.6 Å². The molecule has 7 nitrogen and oxygen atoms in total. The van der Waals surface area contributed by atoms with Gasteiger partial charge in [-0.3, -0.25) is 9.59 Å². The van der Waals surface area contributed by atoms with Crippen molar-refractivity contribution < 1.29 is 23.9 Å². The molecular formula is C18H30N2O5. The number of hydrogen-bond donors (Lipinski definition) is 2. The molecule has 0 atom stereocenters. The van der Waals surface area contributed by atoms with Crippen LogP contribution in [0, 0.1) is 0 Å². The van der Waals surface area contributed by atoms with E-state index in [9.17, 15) is 14.4 Å². The van der Waals surface area contributed by atoms with Crippen molar-refractivity contribution >= 4 is 17.8 Å². The van der Waals surface area contributed by atoms with Crippen molar-refractivity contribution in [3.05, 3.63) is 12.7 Å². The van der Waals surface area contributed by atoms with Crippen LogP contribution in [0.25, 0.3) is 0 Å². The Kier molecular flexibility index (Phi) is 7.60. The molecule has 0 radical (unpaired) electrons. The summed E-state index contributed by atoms with van der Waals surface area (Å²) in [5.41, 5.74) is -0.108. The highest BCUT2D eigenvalue weighted by Gasteiger charge is 2.38. The predicted molar refractivity (Wildman–Crippen MR) is 93.8 cm³/mol. The summed E-state index contributed by atoms with van der Waals surface area (Å²) in [5.74, 6) is -1.22. The Morgan fingerprint density at radius 3 is 2.20 bits per heavy atom. The molecule has 0 aromatic rings. The average molecular weight is 354 g/mol. The summed E-state index contributed by atoms with van der Waals surface area (Å²) in [6.07, 6.45) is 2.78. The first-order chi connectivity index (χ1) is 11.5. The van der Waals surface area contributed by atoms with E-state index in [4.69, 9.17) is 4.74 Å². The molecule has 0 spiro atoms. The van der Waals surface area contributed by atoms with Gasteiger partial charge in [-0.2, -0.15) is 0 Å². The van der Waals surface area contributed by atoms with Crippen LogP contribution < -0.4 is 10.6 Å². The smallest absolute Gasteiger partial charge is 0.330 e. The zero-order chi connectivity index (χ0) is 19.1. The molecule has 1 amide bonds. The third kappa shape index (κ3) is 8.67. The highest BCUT2D eigenvalue weighted by Crippen LogP contribution is 2.28. The predicted octanol–water partition coefficient (Wildman–Crippen LogP) is 1.46. The molecule has 7 heteroatoms. The summed E-state index contributed by atoms with van der Waals surface area (Å²) in [4.78, 5) is 34.5. The molecule has 0 aromatic heterocycles. The molecule has 2 N–H and O–H groups in total. The number of carbonyl (C=O) groups is 3. The number of piperidine rings is 1. The van der Waals surface area contributed by atoms with E-state index in [-0.39, 0.29) is 49.1 Å². The van der Waals surface area contributed by atoms with E-state index in [2.05, 4.69) is 49.6 Å². The van der Waals surface area contributed by atoms with Crippen LogP contribution in [0.1, 0.15) is 53.4 Å². The van der Waals surface area contributed by atoms with E-state index < -0.39 is 11.9 Å². The van der Waals surface area contributed by atoms with Crippen LogP contribution in [0.15, 0.2) is 12.7 Å². The van der Waals surface area contributed by atoms with Crippen molar-refractivity contribution in [3.63, 3.8) is 0 Å². The highest BCUT2D eigenvalue weighted by atomic mass is 16.6. The Morgan fingerprint density at radius 2 is 1.64 bits per heavy atom. The van der Waals surface area contributed by atoms with Crippen molar-refractivity contribution in [2.24, 2.45) is 0 Å². The fourth-order valence-electron chi connectivity index (χ4n) is 3.37. The summed E-state index contributed by atoms with van der Waals surface area (Å²) < 4.78 is 9.59. The van der Waals surface area contributed by atoms with Crippen LogP contribution in [-0.4, -0.2) is 48.2 Å². The zero-order valence-corrected chi connectivity index (χ0v) is 15.6. The second-order valence-corrected chi connectivity index (χ2v) is 7.66. The fourth-order valence-corrected chi connectivity index (χ4v) is 3.37. The molecule has 142 valence electrons. The number of ether oxygens (including phenoxy) is 2. The van der Waals surface area contributed by atoms with E-state index >= 15 is 0 Å². The molecule has 0 bridgehead atoms. The second-order valence-electron chi connectivity index (χ2n) is 7.66. The van der Waals surface area contributed by atoms with Gasteiger partial charge < -0.3 is 20.1 Å². The molecule has 25 heavy (non-hydrogen) atoms. The maximum Gasteiger partial charge on any atom is 0.330 e. The summed E-state index contributed by atoms with van der Waals surface area (Å²) >= 11 is 0. The molecule has 1 aliphatic heterocycles. The lowest BCUT2D eigenvalue weighted by atomic mass is 9.79. The Balaban J connectivity index is 2.27. The monoisotopic (exact) mass is 354 g/mol. The molecule has 1 fully saturated rings. The van der Waals surface area contributed by atoms with Gasteiger partial charge in [-0.05, 0) is 40.5 Å². The lowest BCUT2D eigenvalue weighted by molar-refractivity contribution is -0.150. The lowest BCUT2D eigenvalue weighted by Gasteiger charge is -2.46. The Bertz CT molecular complexity index is 498. The van der Waals surface area contributed by atoms with Gasteiger partial charge in [-0.25, -0.2) is 4.79 Å². The topological polar surface area (TPSA) is 93.7 Å². The number of hydrogen-bond acceptors (Lipinski definition) is 6. The first-order valence-corrected chi connectivity index (χ1v) is 8.56. The van der Waals surface area contributed by atoms with Gasteiger partial charge in [-0.15, -0.1) is 0 Å². The minimum Gasteiger partial charge on any atom is -0.462 e. The van der Waals surface area contributed by atoms with Crippen molar-refractivity contribution in [1.29, 1.82) is 0 Å². The Morgan fingerprint density at radius 1 is 1.08 bits per heavy atom. The largest absolute Gasteiger partial charge is 0.462 e. The van der Waals surface area contributed by atoms with Crippen LogP contribution in [0.5, 0.6) is 0 Å². The van der Waals surface area contributed by atoms with E-state index in [1.54, 1.807) is 0 Å². The van der Waals surface area contributed by atoms with Gasteiger partial charge in [0.05, 0.1) is 6.42 Å². The molecule has 1 aliphatic rings. The summed E-state index contributed by atoms with van der Waals surface area (Å²) in [7, 11) is 0. The molecule has 1 heterocycles. The second kappa shape index (κ2) is 8.99.